The van der Waals surface area contributed by atoms with Gasteiger partial charge in [-0.1, -0.05) is 38.3 Å². The van der Waals surface area contributed by atoms with E-state index in [-0.39, 0.29) is 11.6 Å². The normalized spacial score (nSPS) is 10.7. The van der Waals surface area contributed by atoms with E-state index in [2.05, 4.69) is 11.9 Å². The van der Waals surface area contributed by atoms with Crippen LogP contribution in [0.1, 0.15) is 64.0 Å². The predicted octanol–water partition coefficient (Wildman–Crippen LogP) is 4.34. The molecule has 0 aliphatic heterocycles. The van der Waals surface area contributed by atoms with E-state index in [0.29, 0.717) is 30.3 Å². The van der Waals surface area contributed by atoms with E-state index in [9.17, 15) is 9.59 Å². The van der Waals surface area contributed by atoms with Gasteiger partial charge < -0.3 is 14.4 Å². The van der Waals surface area contributed by atoms with E-state index >= 15 is 0 Å². The Hall–Kier alpha value is -2.25. The first kappa shape index (κ1) is 23.0. The number of amides is 1. The zero-order chi connectivity index (χ0) is 21.1. The van der Waals surface area contributed by atoms with Crippen molar-refractivity contribution in [1.82, 2.24) is 9.88 Å². The summed E-state index contributed by atoms with van der Waals surface area (Å²) < 4.78 is 9.85. The summed E-state index contributed by atoms with van der Waals surface area (Å²) in [4.78, 5) is 30.6. The molecule has 1 heterocycles. The maximum absolute atomic E-state index is 13.0. The summed E-state index contributed by atoms with van der Waals surface area (Å²) in [5, 5.41) is 2.33. The van der Waals surface area contributed by atoms with Crippen LogP contribution in [-0.4, -0.2) is 49.1 Å². The molecule has 1 aromatic carbocycles. The van der Waals surface area contributed by atoms with Gasteiger partial charge in [0.2, 0.25) is 0 Å². The zero-order valence-corrected chi connectivity index (χ0v) is 18.3. The Kier molecular flexibility index (Phi) is 9.80. The molecule has 7 heteroatoms. The molecule has 0 fully saturated rings. The highest BCUT2D eigenvalue weighted by Crippen LogP contribution is 2.16. The van der Waals surface area contributed by atoms with Crippen molar-refractivity contribution in [2.24, 2.45) is 0 Å². The molecule has 2 aromatic rings. The molecule has 0 radical (unpaired) electrons. The summed E-state index contributed by atoms with van der Waals surface area (Å²) in [7, 11) is 2.93. The van der Waals surface area contributed by atoms with Crippen molar-refractivity contribution in [3.63, 3.8) is 0 Å². The number of nitrogens with zero attached hydrogens (tertiary/aromatic N) is 2. The van der Waals surface area contributed by atoms with Crippen molar-refractivity contribution in [3.05, 3.63) is 51.5 Å². The van der Waals surface area contributed by atoms with Crippen LogP contribution in [0.2, 0.25) is 0 Å². The topological polar surface area (TPSA) is 68.7 Å². The van der Waals surface area contributed by atoms with Gasteiger partial charge in [-0.15, -0.1) is 11.3 Å². The molecule has 0 N–H and O–H groups in total. The van der Waals surface area contributed by atoms with Gasteiger partial charge in [0.15, 0.2) is 5.69 Å². The minimum absolute atomic E-state index is 0.0746. The molecular formula is C22H30N2O4S. The average molecular weight is 419 g/mol. The van der Waals surface area contributed by atoms with E-state index in [1.807, 2.05) is 24.3 Å². The number of hydrogen-bond donors (Lipinski definition) is 0. The largest absolute Gasteiger partial charge is 0.464 e. The third kappa shape index (κ3) is 7.25. The second-order valence-corrected chi connectivity index (χ2v) is 7.79. The molecule has 0 aliphatic carbocycles. The van der Waals surface area contributed by atoms with Gasteiger partial charge in [-0.25, -0.2) is 9.78 Å². The number of aromatic nitrogens is 1. The summed E-state index contributed by atoms with van der Waals surface area (Å²) in [6.45, 7) is 3.40. The Bertz CT molecular complexity index is 773. The van der Waals surface area contributed by atoms with Crippen LogP contribution in [0, 0.1) is 0 Å². The van der Waals surface area contributed by atoms with Gasteiger partial charge in [0, 0.05) is 24.6 Å². The van der Waals surface area contributed by atoms with E-state index in [1.165, 1.54) is 49.7 Å². The number of methoxy groups -OCH3 is 2. The van der Waals surface area contributed by atoms with Crippen LogP contribution in [0.5, 0.6) is 0 Å². The number of ether oxygens (including phenoxy) is 2. The van der Waals surface area contributed by atoms with E-state index < -0.39 is 5.97 Å². The van der Waals surface area contributed by atoms with E-state index in [1.54, 1.807) is 17.4 Å². The smallest absolute Gasteiger partial charge is 0.357 e. The maximum Gasteiger partial charge on any atom is 0.357 e. The van der Waals surface area contributed by atoms with Crippen molar-refractivity contribution in [3.8, 4) is 0 Å². The molecule has 1 aromatic heterocycles. The van der Waals surface area contributed by atoms with Gasteiger partial charge in [-0.05, 0) is 30.5 Å². The van der Waals surface area contributed by atoms with Crippen LogP contribution in [0.25, 0.3) is 0 Å². The summed E-state index contributed by atoms with van der Waals surface area (Å²) in [6, 6.07) is 7.84. The van der Waals surface area contributed by atoms with Crippen LogP contribution in [0.15, 0.2) is 29.6 Å². The maximum atomic E-state index is 13.0. The van der Waals surface area contributed by atoms with Crippen LogP contribution in [0.3, 0.4) is 0 Å². The first-order chi connectivity index (χ1) is 14.1. The van der Waals surface area contributed by atoms with Crippen LogP contribution >= 0.6 is 11.3 Å². The summed E-state index contributed by atoms with van der Waals surface area (Å²) >= 11 is 1.34. The van der Waals surface area contributed by atoms with Gasteiger partial charge in [-0.3, -0.25) is 4.79 Å². The average Bonchev–Trinajstić information content (AvgIpc) is 3.22. The quantitative estimate of drug-likeness (QED) is 0.379. The number of carbonyl (C=O) groups excluding carboxylic acids is 2. The fraction of sp³-hybridized carbons (Fsp3) is 0.500. The Balaban J connectivity index is 2.03. The fourth-order valence-electron chi connectivity index (χ4n) is 2.95. The van der Waals surface area contributed by atoms with Gasteiger partial charge in [-0.2, -0.15) is 0 Å². The van der Waals surface area contributed by atoms with Gasteiger partial charge in [0.05, 0.1) is 20.3 Å². The van der Waals surface area contributed by atoms with Crippen molar-refractivity contribution in [2.45, 2.75) is 45.6 Å². The lowest BCUT2D eigenvalue weighted by Gasteiger charge is -2.21. The molecule has 29 heavy (non-hydrogen) atoms. The number of unbranched alkanes of at least 4 members (excludes halogenated alkanes) is 3. The third-order valence-electron chi connectivity index (χ3n) is 4.64. The highest BCUT2D eigenvalue weighted by molar-refractivity contribution is 7.09. The minimum atomic E-state index is -0.475. The molecule has 0 saturated carbocycles. The second kappa shape index (κ2) is 12.3. The van der Waals surface area contributed by atoms with Crippen LogP contribution in [-0.2, 0) is 22.4 Å². The number of aryl methyl sites for hydroxylation is 1. The molecule has 6 nitrogen and oxygen atoms in total. The zero-order valence-electron chi connectivity index (χ0n) is 17.5. The molecular weight excluding hydrogens is 388 g/mol. The highest BCUT2D eigenvalue weighted by Gasteiger charge is 2.19. The molecule has 1 amide bonds. The summed E-state index contributed by atoms with van der Waals surface area (Å²) in [5.74, 6) is -0.550. The molecule has 0 bridgehead atoms. The van der Waals surface area contributed by atoms with Crippen molar-refractivity contribution in [1.29, 1.82) is 0 Å². The number of benzene rings is 1. The number of carbonyl (C=O) groups is 2. The second-order valence-electron chi connectivity index (χ2n) is 6.85. The lowest BCUT2D eigenvalue weighted by Crippen LogP contribution is -2.33. The van der Waals surface area contributed by atoms with Crippen LogP contribution < -0.4 is 0 Å². The monoisotopic (exact) mass is 418 g/mol. The Morgan fingerprint density at radius 2 is 1.86 bits per heavy atom. The molecule has 0 atom stereocenters. The number of thiazole rings is 1. The summed E-state index contributed by atoms with van der Waals surface area (Å²) in [6.07, 6.45) is 5.94. The highest BCUT2D eigenvalue weighted by atomic mass is 32.1. The third-order valence-corrected chi connectivity index (χ3v) is 5.48. The van der Waals surface area contributed by atoms with Crippen molar-refractivity contribution >= 4 is 23.2 Å². The van der Waals surface area contributed by atoms with E-state index in [0.717, 1.165) is 6.42 Å². The number of rotatable bonds is 12. The predicted molar refractivity (Wildman–Crippen MR) is 114 cm³/mol. The Labute approximate surface area is 176 Å². The lowest BCUT2D eigenvalue weighted by molar-refractivity contribution is 0.0594. The first-order valence-corrected chi connectivity index (χ1v) is 10.9. The summed E-state index contributed by atoms with van der Waals surface area (Å²) in [5.41, 5.74) is 2.16. The molecule has 2 rings (SSSR count). The Morgan fingerprint density at radius 1 is 1.10 bits per heavy atom. The van der Waals surface area contributed by atoms with Crippen LogP contribution in [0.4, 0.5) is 0 Å². The van der Waals surface area contributed by atoms with Gasteiger partial charge in [0.1, 0.15) is 5.01 Å². The number of esters is 1. The van der Waals surface area contributed by atoms with Crippen molar-refractivity contribution < 1.29 is 19.1 Å². The van der Waals surface area contributed by atoms with Gasteiger partial charge >= 0.3 is 5.97 Å². The molecule has 0 unspecified atom stereocenters. The van der Waals surface area contributed by atoms with Gasteiger partial charge in [0.25, 0.3) is 5.91 Å². The first-order valence-electron chi connectivity index (χ1n) is 9.98. The molecule has 0 spiro atoms. The molecule has 0 saturated heterocycles. The standard InChI is InChI=1S/C22H30N2O4S/c1-4-5-6-7-8-17-9-11-18(12-10-17)21(25)24(13-14-27-2)15-20-23-19(16-29-20)22(26)28-3/h9-12,16H,4-8,13-15H2,1-3H3. The minimum Gasteiger partial charge on any atom is -0.464 e. The van der Waals surface area contributed by atoms with Crippen molar-refractivity contribution in [2.75, 3.05) is 27.4 Å². The number of hydrogen-bond acceptors (Lipinski definition) is 6. The van der Waals surface area contributed by atoms with E-state index in [4.69, 9.17) is 9.47 Å². The SMILES string of the molecule is CCCCCCc1ccc(C(=O)N(CCOC)Cc2nc(C(=O)OC)cs2)cc1. The molecule has 0 aliphatic rings. The fourth-order valence-corrected chi connectivity index (χ4v) is 3.73. The Morgan fingerprint density at radius 3 is 2.52 bits per heavy atom. The lowest BCUT2D eigenvalue weighted by atomic mass is 10.0. The molecule has 158 valence electrons.